The highest BCUT2D eigenvalue weighted by molar-refractivity contribution is 6.00. The molecule has 18 heavy (non-hydrogen) atoms. The number of halogens is 1. The first-order chi connectivity index (χ1) is 8.49. The number of aromatic nitrogens is 2. The molecule has 0 radical (unpaired) electrons. The molecule has 1 heterocycles. The third-order valence-electron chi connectivity index (χ3n) is 2.38. The molecule has 0 unspecified atom stereocenters. The molecule has 0 amide bonds. The summed E-state index contributed by atoms with van der Waals surface area (Å²) in [4.78, 5) is 11.1. The second-order valence-electron chi connectivity index (χ2n) is 3.69. The van der Waals surface area contributed by atoms with Crippen molar-refractivity contribution in [3.63, 3.8) is 0 Å². The molecule has 4 N–H and O–H groups in total. The van der Waals surface area contributed by atoms with Crippen molar-refractivity contribution in [1.82, 2.24) is 9.78 Å². The summed E-state index contributed by atoms with van der Waals surface area (Å²) in [6.45, 7) is 0. The van der Waals surface area contributed by atoms with Gasteiger partial charge in [0, 0.05) is 19.3 Å². The molecular formula is C11H11FN4O2. The van der Waals surface area contributed by atoms with Gasteiger partial charge in [-0.1, -0.05) is 0 Å². The number of aromatic carboxylic acids is 1. The molecule has 0 bridgehead atoms. The predicted molar refractivity (Wildman–Crippen MR) is 64.3 cm³/mol. The molecule has 2 rings (SSSR count). The van der Waals surface area contributed by atoms with Gasteiger partial charge >= 0.3 is 5.97 Å². The Labute approximate surface area is 102 Å². The molecule has 7 heteroatoms. The number of rotatable bonds is 3. The van der Waals surface area contributed by atoms with Gasteiger partial charge in [-0.3, -0.25) is 4.68 Å². The highest BCUT2D eigenvalue weighted by Crippen LogP contribution is 2.27. The number of carboxylic acid groups (broad SMARTS) is 1. The monoisotopic (exact) mass is 250 g/mol. The van der Waals surface area contributed by atoms with Gasteiger partial charge < -0.3 is 16.2 Å². The maximum atomic E-state index is 13.2. The number of nitrogens with one attached hydrogen (secondary N) is 1. The van der Waals surface area contributed by atoms with E-state index >= 15 is 0 Å². The van der Waals surface area contributed by atoms with Crippen molar-refractivity contribution >= 4 is 23.2 Å². The molecule has 0 spiro atoms. The lowest BCUT2D eigenvalue weighted by Crippen LogP contribution is -2.09. The van der Waals surface area contributed by atoms with Crippen molar-refractivity contribution in [3.8, 4) is 0 Å². The Hall–Kier alpha value is -2.57. The van der Waals surface area contributed by atoms with Crippen LogP contribution in [0.1, 0.15) is 10.4 Å². The largest absolute Gasteiger partial charge is 0.478 e. The molecule has 94 valence electrons. The van der Waals surface area contributed by atoms with Gasteiger partial charge in [-0.05, 0) is 12.1 Å². The molecule has 0 atom stereocenters. The van der Waals surface area contributed by atoms with Gasteiger partial charge in [0.05, 0.1) is 11.4 Å². The van der Waals surface area contributed by atoms with Crippen LogP contribution < -0.4 is 11.1 Å². The van der Waals surface area contributed by atoms with E-state index in [9.17, 15) is 9.18 Å². The summed E-state index contributed by atoms with van der Waals surface area (Å²) in [5.41, 5.74) is 4.91. The molecule has 0 aliphatic rings. The summed E-state index contributed by atoms with van der Waals surface area (Å²) in [5.74, 6) is -1.62. The van der Waals surface area contributed by atoms with Crippen LogP contribution in [0, 0.1) is 5.82 Å². The fourth-order valence-corrected chi connectivity index (χ4v) is 1.55. The van der Waals surface area contributed by atoms with E-state index in [-0.39, 0.29) is 11.3 Å². The lowest BCUT2D eigenvalue weighted by atomic mass is 10.1. The molecule has 0 saturated carbocycles. The number of nitrogen functional groups attached to an aromatic ring is 1. The van der Waals surface area contributed by atoms with E-state index in [4.69, 9.17) is 10.8 Å². The zero-order valence-electron chi connectivity index (χ0n) is 9.51. The van der Waals surface area contributed by atoms with Crippen LogP contribution in [0.15, 0.2) is 24.4 Å². The van der Waals surface area contributed by atoms with Crippen LogP contribution in [-0.4, -0.2) is 20.9 Å². The molecule has 6 nitrogen and oxygen atoms in total. The van der Waals surface area contributed by atoms with Gasteiger partial charge in [-0.2, -0.15) is 5.10 Å². The van der Waals surface area contributed by atoms with Crippen molar-refractivity contribution < 1.29 is 14.3 Å². The second kappa shape index (κ2) is 4.36. The van der Waals surface area contributed by atoms with Crippen molar-refractivity contribution in [2.45, 2.75) is 0 Å². The van der Waals surface area contributed by atoms with Crippen LogP contribution in [-0.2, 0) is 7.05 Å². The highest BCUT2D eigenvalue weighted by Gasteiger charge is 2.17. The Bertz CT molecular complexity index is 609. The topological polar surface area (TPSA) is 93.2 Å². The van der Waals surface area contributed by atoms with Crippen LogP contribution in [0.4, 0.5) is 21.6 Å². The predicted octanol–water partition coefficient (Wildman–Crippen LogP) is 1.58. The maximum Gasteiger partial charge on any atom is 0.340 e. The summed E-state index contributed by atoms with van der Waals surface area (Å²) in [6.07, 6.45) is 1.69. The van der Waals surface area contributed by atoms with Gasteiger partial charge in [-0.25, -0.2) is 9.18 Å². The third-order valence-corrected chi connectivity index (χ3v) is 2.38. The summed E-state index contributed by atoms with van der Waals surface area (Å²) < 4.78 is 14.8. The highest BCUT2D eigenvalue weighted by atomic mass is 19.1. The van der Waals surface area contributed by atoms with Gasteiger partial charge in [-0.15, -0.1) is 0 Å². The van der Waals surface area contributed by atoms with Crippen molar-refractivity contribution in [3.05, 3.63) is 35.8 Å². The van der Waals surface area contributed by atoms with Crippen LogP contribution in [0.5, 0.6) is 0 Å². The van der Waals surface area contributed by atoms with Crippen LogP contribution in [0.2, 0.25) is 0 Å². The number of nitrogens with two attached hydrogens (primary N) is 1. The number of carbonyl (C=O) groups is 1. The zero-order valence-corrected chi connectivity index (χ0v) is 9.51. The van der Waals surface area contributed by atoms with Crippen LogP contribution in [0.25, 0.3) is 0 Å². The van der Waals surface area contributed by atoms with E-state index in [1.807, 2.05) is 0 Å². The minimum absolute atomic E-state index is 0.195. The normalized spacial score (nSPS) is 10.3. The maximum absolute atomic E-state index is 13.2. The first kappa shape index (κ1) is 11.9. The minimum atomic E-state index is -1.30. The number of anilines is 3. The average molecular weight is 250 g/mol. The first-order valence-electron chi connectivity index (χ1n) is 5.07. The molecule has 0 fully saturated rings. The number of hydrogen-bond donors (Lipinski definition) is 3. The Morgan fingerprint density at radius 2 is 2.22 bits per heavy atom. The molecular weight excluding hydrogens is 239 g/mol. The van der Waals surface area contributed by atoms with E-state index in [1.165, 1.54) is 6.07 Å². The molecule has 1 aromatic carbocycles. The Kier molecular flexibility index (Phi) is 2.88. The molecule has 0 aliphatic carbocycles. The summed E-state index contributed by atoms with van der Waals surface area (Å²) in [6, 6.07) is 4.07. The Morgan fingerprint density at radius 1 is 1.50 bits per heavy atom. The fourth-order valence-electron chi connectivity index (χ4n) is 1.55. The van der Waals surface area contributed by atoms with E-state index in [0.717, 1.165) is 6.07 Å². The van der Waals surface area contributed by atoms with Crippen molar-refractivity contribution in [1.29, 1.82) is 0 Å². The number of nitrogens with zero attached hydrogens (tertiary/aromatic N) is 2. The molecule has 2 aromatic rings. The fraction of sp³-hybridized carbons (Fsp3) is 0.0909. The second-order valence-corrected chi connectivity index (χ2v) is 3.69. The zero-order chi connectivity index (χ0) is 13.3. The van der Waals surface area contributed by atoms with Crippen LogP contribution in [0.3, 0.4) is 0 Å². The minimum Gasteiger partial charge on any atom is -0.478 e. The summed E-state index contributed by atoms with van der Waals surface area (Å²) in [5, 5.41) is 15.9. The van der Waals surface area contributed by atoms with Crippen molar-refractivity contribution in [2.24, 2.45) is 7.05 Å². The lowest BCUT2D eigenvalue weighted by Gasteiger charge is -2.10. The van der Waals surface area contributed by atoms with Gasteiger partial charge in [0.1, 0.15) is 11.4 Å². The number of aryl methyl sites for hydroxylation is 1. The standard InChI is InChI=1S/C11H11FN4O2/c1-16-5-4-8(15-16)14-7-3-2-6(12)10(13)9(7)11(17)18/h2-5H,13H2,1H3,(H,14,15)(H,17,18). The van der Waals surface area contributed by atoms with Gasteiger partial charge in [0.15, 0.2) is 5.82 Å². The van der Waals surface area contributed by atoms with E-state index in [2.05, 4.69) is 10.4 Å². The summed E-state index contributed by atoms with van der Waals surface area (Å²) in [7, 11) is 1.72. The first-order valence-corrected chi connectivity index (χ1v) is 5.07. The lowest BCUT2D eigenvalue weighted by molar-refractivity contribution is 0.0698. The third kappa shape index (κ3) is 2.10. The van der Waals surface area contributed by atoms with E-state index < -0.39 is 17.5 Å². The molecule has 0 saturated heterocycles. The van der Waals surface area contributed by atoms with E-state index in [1.54, 1.807) is 24.0 Å². The molecule has 0 aliphatic heterocycles. The van der Waals surface area contributed by atoms with Gasteiger partial charge in [0.25, 0.3) is 0 Å². The number of benzene rings is 1. The smallest absolute Gasteiger partial charge is 0.340 e. The summed E-state index contributed by atoms with van der Waals surface area (Å²) >= 11 is 0. The van der Waals surface area contributed by atoms with Crippen LogP contribution >= 0.6 is 0 Å². The number of hydrogen-bond acceptors (Lipinski definition) is 4. The molecule has 1 aromatic heterocycles. The van der Waals surface area contributed by atoms with Crippen molar-refractivity contribution in [2.75, 3.05) is 11.1 Å². The SMILES string of the molecule is Cn1ccc(Nc2ccc(F)c(N)c2C(=O)O)n1. The quantitative estimate of drug-likeness (QED) is 0.719. The number of carboxylic acids is 1. The Balaban J connectivity index is 2.44. The Morgan fingerprint density at radius 3 is 2.78 bits per heavy atom. The van der Waals surface area contributed by atoms with E-state index in [0.29, 0.717) is 5.82 Å². The average Bonchev–Trinajstić information content (AvgIpc) is 2.69. The van der Waals surface area contributed by atoms with Gasteiger partial charge in [0.2, 0.25) is 0 Å².